The first-order chi connectivity index (χ1) is 11.7. The molecule has 0 bridgehead atoms. The third-order valence-electron chi connectivity index (χ3n) is 5.10. The minimum atomic E-state index is 0.266. The van der Waals surface area contributed by atoms with Crippen LogP contribution in [0.15, 0.2) is 23.8 Å². The molecule has 0 radical (unpaired) electrons. The molecule has 1 saturated heterocycles. The molecule has 2 aliphatic heterocycles. The molecule has 0 N–H and O–H groups in total. The minimum Gasteiger partial charge on any atom is -0.339 e. The van der Waals surface area contributed by atoms with E-state index in [1.165, 1.54) is 16.0 Å². The summed E-state index contributed by atoms with van der Waals surface area (Å²) in [7, 11) is 0. The molecule has 0 aromatic carbocycles. The van der Waals surface area contributed by atoms with Gasteiger partial charge in [0.15, 0.2) is 0 Å². The van der Waals surface area contributed by atoms with E-state index in [0.717, 1.165) is 45.4 Å². The zero-order chi connectivity index (χ0) is 16.5. The number of likely N-dealkylation sites (tertiary alicyclic amines) is 1. The molecule has 0 saturated carbocycles. The van der Waals surface area contributed by atoms with Crippen molar-refractivity contribution in [3.63, 3.8) is 0 Å². The molecule has 5 nitrogen and oxygen atoms in total. The second kappa shape index (κ2) is 6.69. The van der Waals surface area contributed by atoms with Crippen LogP contribution in [0.4, 0.5) is 0 Å². The van der Waals surface area contributed by atoms with E-state index in [4.69, 9.17) is 0 Å². The van der Waals surface area contributed by atoms with Crippen LogP contribution in [0, 0.1) is 6.92 Å². The van der Waals surface area contributed by atoms with E-state index < -0.39 is 0 Å². The van der Waals surface area contributed by atoms with Gasteiger partial charge in [-0.2, -0.15) is 5.10 Å². The number of fused-ring (bicyclic) bond motifs is 1. The van der Waals surface area contributed by atoms with Crippen LogP contribution in [0.5, 0.6) is 0 Å². The predicted octanol–water partition coefficient (Wildman–Crippen LogP) is 2.47. The monoisotopic (exact) mass is 344 g/mol. The number of nitrogens with zero attached hydrogens (tertiary/aromatic N) is 4. The van der Waals surface area contributed by atoms with Crippen molar-refractivity contribution < 1.29 is 4.79 Å². The van der Waals surface area contributed by atoms with Crippen molar-refractivity contribution in [2.75, 3.05) is 26.2 Å². The Morgan fingerprint density at radius 2 is 2.33 bits per heavy atom. The molecule has 1 amide bonds. The summed E-state index contributed by atoms with van der Waals surface area (Å²) in [5.41, 5.74) is 2.58. The van der Waals surface area contributed by atoms with Crippen molar-refractivity contribution in [2.24, 2.45) is 0 Å². The number of rotatable bonds is 3. The van der Waals surface area contributed by atoms with Gasteiger partial charge in [-0.15, -0.1) is 11.3 Å². The highest BCUT2D eigenvalue weighted by atomic mass is 32.1. The number of carbonyl (C=O) groups is 1. The smallest absolute Gasteiger partial charge is 0.236 e. The Kier molecular flexibility index (Phi) is 4.41. The van der Waals surface area contributed by atoms with E-state index in [9.17, 15) is 4.79 Å². The van der Waals surface area contributed by atoms with Crippen LogP contribution in [0.25, 0.3) is 0 Å². The summed E-state index contributed by atoms with van der Waals surface area (Å²) in [6.07, 6.45) is 7.22. The maximum absolute atomic E-state index is 12.8. The fraction of sp³-hybridized carbons (Fsp3) is 0.556. The topological polar surface area (TPSA) is 41.4 Å². The van der Waals surface area contributed by atoms with E-state index in [1.807, 2.05) is 27.1 Å². The number of hydrogen-bond acceptors (Lipinski definition) is 4. The standard InChI is InChI=1S/C18H24N4OS/c1-14-9-19-22(10-14)16-3-2-6-21(12-16)18(23)13-20-7-4-17-15(11-20)5-8-24-17/h5,8-10,16H,2-4,6-7,11-13H2,1H3/t16-/m0/s1. The first-order valence-electron chi connectivity index (χ1n) is 8.75. The molecule has 4 rings (SSSR count). The highest BCUT2D eigenvalue weighted by molar-refractivity contribution is 7.10. The summed E-state index contributed by atoms with van der Waals surface area (Å²) in [5, 5.41) is 6.60. The molecular formula is C18H24N4OS. The van der Waals surface area contributed by atoms with Crippen molar-refractivity contribution in [1.82, 2.24) is 19.6 Å². The van der Waals surface area contributed by atoms with E-state index in [0.29, 0.717) is 12.6 Å². The van der Waals surface area contributed by atoms with Gasteiger partial charge in [0.05, 0.1) is 18.8 Å². The van der Waals surface area contributed by atoms with Crippen LogP contribution < -0.4 is 0 Å². The van der Waals surface area contributed by atoms with Crippen molar-refractivity contribution in [2.45, 2.75) is 38.8 Å². The number of aryl methyl sites for hydroxylation is 1. The maximum Gasteiger partial charge on any atom is 0.236 e. The van der Waals surface area contributed by atoms with Gasteiger partial charge in [-0.3, -0.25) is 14.4 Å². The summed E-state index contributed by atoms with van der Waals surface area (Å²) >= 11 is 1.84. The van der Waals surface area contributed by atoms with E-state index >= 15 is 0 Å². The number of thiophene rings is 1. The highest BCUT2D eigenvalue weighted by Gasteiger charge is 2.27. The van der Waals surface area contributed by atoms with E-state index in [1.54, 1.807) is 0 Å². The fourth-order valence-corrected chi connectivity index (χ4v) is 4.65. The zero-order valence-electron chi connectivity index (χ0n) is 14.1. The summed E-state index contributed by atoms with van der Waals surface area (Å²) in [6, 6.07) is 2.52. The zero-order valence-corrected chi connectivity index (χ0v) is 15.0. The molecule has 6 heteroatoms. The number of carbonyl (C=O) groups excluding carboxylic acids is 1. The quantitative estimate of drug-likeness (QED) is 0.859. The van der Waals surface area contributed by atoms with Crippen LogP contribution in [0.2, 0.25) is 0 Å². The van der Waals surface area contributed by atoms with Gasteiger partial charge < -0.3 is 4.90 Å². The van der Waals surface area contributed by atoms with Crippen molar-refractivity contribution in [3.05, 3.63) is 39.8 Å². The van der Waals surface area contributed by atoms with Gasteiger partial charge in [-0.1, -0.05) is 0 Å². The van der Waals surface area contributed by atoms with Crippen molar-refractivity contribution >= 4 is 17.2 Å². The lowest BCUT2D eigenvalue weighted by atomic mass is 10.1. The fourth-order valence-electron chi connectivity index (χ4n) is 3.76. The Morgan fingerprint density at radius 1 is 1.42 bits per heavy atom. The van der Waals surface area contributed by atoms with Crippen LogP contribution >= 0.6 is 11.3 Å². The average molecular weight is 344 g/mol. The molecule has 4 heterocycles. The number of hydrogen-bond donors (Lipinski definition) is 0. The number of amides is 1. The average Bonchev–Trinajstić information content (AvgIpc) is 3.23. The first-order valence-corrected chi connectivity index (χ1v) is 9.63. The summed E-state index contributed by atoms with van der Waals surface area (Å²) in [4.78, 5) is 18.6. The molecule has 2 aromatic heterocycles. The molecular weight excluding hydrogens is 320 g/mol. The summed E-state index contributed by atoms with van der Waals surface area (Å²) in [5.74, 6) is 0.266. The predicted molar refractivity (Wildman–Crippen MR) is 95.1 cm³/mol. The Bertz CT molecular complexity index is 722. The molecule has 0 aliphatic carbocycles. The first kappa shape index (κ1) is 15.8. The van der Waals surface area contributed by atoms with Crippen LogP contribution in [-0.4, -0.2) is 51.7 Å². The van der Waals surface area contributed by atoms with Crippen LogP contribution in [0.3, 0.4) is 0 Å². The van der Waals surface area contributed by atoms with Gasteiger partial charge in [0.1, 0.15) is 0 Å². The summed E-state index contributed by atoms with van der Waals surface area (Å²) < 4.78 is 2.04. The van der Waals surface area contributed by atoms with E-state index in [2.05, 4.69) is 34.6 Å². The Balaban J connectivity index is 1.36. The third kappa shape index (κ3) is 3.26. The third-order valence-corrected chi connectivity index (χ3v) is 6.12. The second-order valence-corrected chi connectivity index (χ2v) is 7.96. The molecule has 24 heavy (non-hydrogen) atoms. The molecule has 128 valence electrons. The lowest BCUT2D eigenvalue weighted by molar-refractivity contribution is -0.134. The lowest BCUT2D eigenvalue weighted by Gasteiger charge is -2.35. The lowest BCUT2D eigenvalue weighted by Crippen LogP contribution is -2.46. The van der Waals surface area contributed by atoms with Crippen LogP contribution in [0.1, 0.15) is 34.9 Å². The van der Waals surface area contributed by atoms with Crippen molar-refractivity contribution in [1.29, 1.82) is 0 Å². The van der Waals surface area contributed by atoms with Crippen LogP contribution in [-0.2, 0) is 17.8 Å². The van der Waals surface area contributed by atoms with Gasteiger partial charge in [0.25, 0.3) is 0 Å². The molecule has 0 unspecified atom stereocenters. The minimum absolute atomic E-state index is 0.266. The van der Waals surface area contributed by atoms with Gasteiger partial charge in [0, 0.05) is 37.3 Å². The number of aromatic nitrogens is 2. The Morgan fingerprint density at radius 3 is 3.17 bits per heavy atom. The van der Waals surface area contributed by atoms with Gasteiger partial charge >= 0.3 is 0 Å². The molecule has 1 atom stereocenters. The molecule has 2 aliphatic rings. The van der Waals surface area contributed by atoms with Gasteiger partial charge in [-0.25, -0.2) is 0 Å². The molecule has 0 spiro atoms. The molecule has 1 fully saturated rings. The van der Waals surface area contributed by atoms with Gasteiger partial charge in [0.2, 0.25) is 5.91 Å². The Hall–Kier alpha value is -1.66. The largest absolute Gasteiger partial charge is 0.339 e. The number of piperidine rings is 1. The second-order valence-electron chi connectivity index (χ2n) is 6.96. The summed E-state index contributed by atoms with van der Waals surface area (Å²) in [6.45, 7) is 6.18. The highest BCUT2D eigenvalue weighted by Crippen LogP contribution is 2.25. The molecule has 2 aromatic rings. The maximum atomic E-state index is 12.8. The Labute approximate surface area is 146 Å². The normalized spacial score (nSPS) is 21.7. The SMILES string of the molecule is Cc1cnn([C@H]2CCCN(C(=O)CN3CCc4sccc4C3)C2)c1. The van der Waals surface area contributed by atoms with E-state index in [-0.39, 0.29) is 5.91 Å². The van der Waals surface area contributed by atoms with Gasteiger partial charge in [-0.05, 0) is 48.8 Å². The van der Waals surface area contributed by atoms with Crippen molar-refractivity contribution in [3.8, 4) is 0 Å².